The van der Waals surface area contributed by atoms with Crippen molar-refractivity contribution in [3.05, 3.63) is 132 Å². The second kappa shape index (κ2) is 9.67. The second-order valence-corrected chi connectivity index (χ2v) is 8.46. The number of aliphatic carboxylic acids is 1. The topological polar surface area (TPSA) is 45.5 Å². The van der Waals surface area contributed by atoms with E-state index >= 15 is 0 Å². The molecule has 4 heteroatoms. The third kappa shape index (κ3) is 4.71. The Labute approximate surface area is 199 Å². The second-order valence-electron chi connectivity index (χ2n) is 8.46. The molecule has 0 saturated carbocycles. The molecule has 4 aromatic carbocycles. The zero-order valence-corrected chi connectivity index (χ0v) is 18.8. The van der Waals surface area contributed by atoms with Gasteiger partial charge in [0.15, 0.2) is 0 Å². The molecule has 1 aromatic heterocycles. The molecule has 168 valence electrons. The van der Waals surface area contributed by atoms with Gasteiger partial charge in [-0.3, -0.25) is 4.79 Å². The highest BCUT2D eigenvalue weighted by Gasteiger charge is 2.13. The minimum atomic E-state index is -0.823. The number of para-hydroxylation sites is 1. The van der Waals surface area contributed by atoms with E-state index in [4.69, 9.17) is 0 Å². The minimum Gasteiger partial charge on any atom is -0.481 e. The van der Waals surface area contributed by atoms with Crippen molar-refractivity contribution in [1.82, 2.24) is 4.57 Å². The first-order chi connectivity index (χ1) is 16.7. The number of carboxylic acids is 1. The first kappa shape index (κ1) is 21.5. The predicted octanol–water partition coefficient (Wildman–Crippen LogP) is 6.46. The van der Waals surface area contributed by atoms with E-state index in [-0.39, 0.29) is 6.42 Å². The number of carbonyl (C=O) groups is 1. The van der Waals surface area contributed by atoms with Gasteiger partial charge in [-0.15, -0.1) is 0 Å². The van der Waals surface area contributed by atoms with Crippen molar-refractivity contribution in [2.45, 2.75) is 19.5 Å². The van der Waals surface area contributed by atoms with E-state index in [1.54, 1.807) is 0 Å². The Morgan fingerprint density at radius 1 is 0.706 bits per heavy atom. The van der Waals surface area contributed by atoms with Crippen LogP contribution in [0.5, 0.6) is 0 Å². The highest BCUT2D eigenvalue weighted by molar-refractivity contribution is 5.88. The number of hydrogen-bond donors (Lipinski definition) is 1. The molecule has 1 N–H and O–H groups in total. The Bertz CT molecular complexity index is 1350. The van der Waals surface area contributed by atoms with Gasteiger partial charge in [-0.25, -0.2) is 0 Å². The molecule has 0 radical (unpaired) electrons. The standard InChI is InChI=1S/C30H26N2O2/c33-30(34)19-25-22-32(29-14-8-7-13-28(25)29)27-17-15-26(16-18-27)31(20-23-9-3-1-4-10-23)21-24-11-5-2-6-12-24/h1-18,22H,19-21H2,(H,33,34). The zero-order valence-electron chi connectivity index (χ0n) is 18.8. The van der Waals surface area contributed by atoms with Crippen molar-refractivity contribution < 1.29 is 9.90 Å². The summed E-state index contributed by atoms with van der Waals surface area (Å²) in [5.41, 5.74) is 6.50. The lowest BCUT2D eigenvalue weighted by Gasteiger charge is -2.25. The Kier molecular flexibility index (Phi) is 6.13. The smallest absolute Gasteiger partial charge is 0.307 e. The Hall–Kier alpha value is -4.31. The molecule has 34 heavy (non-hydrogen) atoms. The highest BCUT2D eigenvalue weighted by Crippen LogP contribution is 2.28. The van der Waals surface area contributed by atoms with Crippen LogP contribution in [0.25, 0.3) is 16.6 Å². The molecule has 0 fully saturated rings. The monoisotopic (exact) mass is 446 g/mol. The van der Waals surface area contributed by atoms with Crippen LogP contribution in [-0.2, 0) is 24.3 Å². The SMILES string of the molecule is O=C(O)Cc1cn(-c2ccc(N(Cc3ccccc3)Cc3ccccc3)cc2)c2ccccc12. The largest absolute Gasteiger partial charge is 0.481 e. The van der Waals surface area contributed by atoms with Gasteiger partial charge >= 0.3 is 5.97 Å². The van der Waals surface area contributed by atoms with Crippen LogP contribution in [0.3, 0.4) is 0 Å². The minimum absolute atomic E-state index is 0.00747. The molecule has 0 aliphatic heterocycles. The van der Waals surface area contributed by atoms with Crippen molar-refractivity contribution in [3.8, 4) is 5.69 Å². The van der Waals surface area contributed by atoms with E-state index in [0.29, 0.717) is 0 Å². The molecule has 0 amide bonds. The fourth-order valence-electron chi connectivity index (χ4n) is 4.44. The average Bonchev–Trinajstić information content (AvgIpc) is 3.23. The number of carboxylic acid groups (broad SMARTS) is 1. The number of nitrogens with zero attached hydrogens (tertiary/aromatic N) is 2. The van der Waals surface area contributed by atoms with Gasteiger partial charge in [0.2, 0.25) is 0 Å². The van der Waals surface area contributed by atoms with Crippen LogP contribution in [0.15, 0.2) is 115 Å². The summed E-state index contributed by atoms with van der Waals surface area (Å²) in [5, 5.41) is 10.3. The summed E-state index contributed by atoms with van der Waals surface area (Å²) < 4.78 is 2.08. The van der Waals surface area contributed by atoms with Crippen LogP contribution in [0.4, 0.5) is 5.69 Å². The molecule has 0 unspecified atom stereocenters. The molecule has 0 spiro atoms. The Morgan fingerprint density at radius 3 is 1.85 bits per heavy atom. The number of hydrogen-bond acceptors (Lipinski definition) is 2. The Balaban J connectivity index is 1.48. The molecular formula is C30H26N2O2. The summed E-state index contributed by atoms with van der Waals surface area (Å²) in [6.45, 7) is 1.62. The van der Waals surface area contributed by atoms with Gasteiger partial charge in [0.25, 0.3) is 0 Å². The molecule has 5 aromatic rings. The van der Waals surface area contributed by atoms with Crippen LogP contribution >= 0.6 is 0 Å². The molecular weight excluding hydrogens is 420 g/mol. The Morgan fingerprint density at radius 2 is 1.26 bits per heavy atom. The predicted molar refractivity (Wildman–Crippen MR) is 137 cm³/mol. The number of fused-ring (bicyclic) bond motifs is 1. The first-order valence-corrected chi connectivity index (χ1v) is 11.4. The maximum atomic E-state index is 11.4. The maximum Gasteiger partial charge on any atom is 0.307 e. The number of anilines is 1. The lowest BCUT2D eigenvalue weighted by molar-refractivity contribution is -0.136. The molecule has 0 aliphatic carbocycles. The molecule has 5 rings (SSSR count). The molecule has 4 nitrogen and oxygen atoms in total. The summed E-state index contributed by atoms with van der Waals surface area (Å²) in [5.74, 6) is -0.823. The first-order valence-electron chi connectivity index (χ1n) is 11.4. The van der Waals surface area contributed by atoms with Gasteiger partial charge < -0.3 is 14.6 Å². The fourth-order valence-corrected chi connectivity index (χ4v) is 4.44. The van der Waals surface area contributed by atoms with Gasteiger partial charge in [0.05, 0.1) is 11.9 Å². The van der Waals surface area contributed by atoms with E-state index in [1.807, 2.05) is 42.6 Å². The van der Waals surface area contributed by atoms with E-state index < -0.39 is 5.97 Å². The van der Waals surface area contributed by atoms with E-state index in [0.717, 1.165) is 40.9 Å². The van der Waals surface area contributed by atoms with Crippen LogP contribution in [-0.4, -0.2) is 15.6 Å². The highest BCUT2D eigenvalue weighted by atomic mass is 16.4. The third-order valence-electron chi connectivity index (χ3n) is 6.06. The average molecular weight is 447 g/mol. The van der Waals surface area contributed by atoms with Gasteiger partial charge in [0, 0.05) is 36.0 Å². The van der Waals surface area contributed by atoms with Crippen molar-refractivity contribution in [3.63, 3.8) is 0 Å². The van der Waals surface area contributed by atoms with Crippen molar-refractivity contribution in [2.75, 3.05) is 4.90 Å². The quantitative estimate of drug-likeness (QED) is 0.297. The van der Waals surface area contributed by atoms with E-state index in [9.17, 15) is 9.90 Å². The third-order valence-corrected chi connectivity index (χ3v) is 6.06. The van der Waals surface area contributed by atoms with Crippen LogP contribution in [0.1, 0.15) is 16.7 Å². The lowest BCUT2D eigenvalue weighted by atomic mass is 10.1. The summed E-state index contributed by atoms with van der Waals surface area (Å²) in [4.78, 5) is 13.7. The van der Waals surface area contributed by atoms with Crippen molar-refractivity contribution >= 4 is 22.6 Å². The maximum absolute atomic E-state index is 11.4. The van der Waals surface area contributed by atoms with E-state index in [2.05, 4.69) is 82.3 Å². The summed E-state index contributed by atoms with van der Waals surface area (Å²) >= 11 is 0. The van der Waals surface area contributed by atoms with Crippen molar-refractivity contribution in [2.24, 2.45) is 0 Å². The van der Waals surface area contributed by atoms with Gasteiger partial charge in [0.1, 0.15) is 0 Å². The number of aromatic nitrogens is 1. The van der Waals surface area contributed by atoms with Gasteiger partial charge in [-0.2, -0.15) is 0 Å². The van der Waals surface area contributed by atoms with Crippen LogP contribution in [0, 0.1) is 0 Å². The zero-order chi connectivity index (χ0) is 23.3. The van der Waals surface area contributed by atoms with E-state index in [1.165, 1.54) is 11.1 Å². The summed E-state index contributed by atoms with van der Waals surface area (Å²) in [7, 11) is 0. The normalized spacial score (nSPS) is 10.9. The summed E-state index contributed by atoms with van der Waals surface area (Å²) in [6, 6.07) is 37.5. The summed E-state index contributed by atoms with van der Waals surface area (Å²) in [6.07, 6.45) is 1.95. The van der Waals surface area contributed by atoms with Gasteiger partial charge in [-0.1, -0.05) is 78.9 Å². The lowest BCUT2D eigenvalue weighted by Crippen LogP contribution is -2.22. The fraction of sp³-hybridized carbons (Fsp3) is 0.100. The molecule has 0 atom stereocenters. The number of rotatable bonds is 8. The van der Waals surface area contributed by atoms with Crippen LogP contribution in [0.2, 0.25) is 0 Å². The molecule has 0 saturated heterocycles. The molecule has 0 bridgehead atoms. The molecule has 1 heterocycles. The van der Waals surface area contributed by atoms with Crippen LogP contribution < -0.4 is 4.90 Å². The van der Waals surface area contributed by atoms with Crippen molar-refractivity contribution in [1.29, 1.82) is 0 Å². The number of benzene rings is 4. The van der Waals surface area contributed by atoms with Gasteiger partial charge in [-0.05, 0) is 47.0 Å². The molecule has 0 aliphatic rings.